The van der Waals surface area contributed by atoms with Crippen molar-refractivity contribution in [1.82, 2.24) is 5.32 Å². The molecule has 0 saturated heterocycles. The fourth-order valence-corrected chi connectivity index (χ4v) is 6.40. The summed E-state index contributed by atoms with van der Waals surface area (Å²) in [6.45, 7) is 3.97. The number of aliphatic hydroxyl groups excluding tert-OH is 5. The average molecular weight is 684 g/mol. The van der Waals surface area contributed by atoms with Crippen molar-refractivity contribution in [2.75, 3.05) is 6.61 Å². The lowest BCUT2D eigenvalue weighted by Gasteiger charge is -2.27. The third kappa shape index (κ3) is 29.9. The maximum atomic E-state index is 12.4. The van der Waals surface area contributed by atoms with Crippen LogP contribution in [0, 0.1) is 0 Å². The highest BCUT2D eigenvalue weighted by atomic mass is 16.3. The summed E-state index contributed by atoms with van der Waals surface area (Å²) in [5.41, 5.74) is 0. The summed E-state index contributed by atoms with van der Waals surface area (Å²) in [7, 11) is 0. The smallest absolute Gasteiger partial charge is 0.249 e. The van der Waals surface area contributed by atoms with Gasteiger partial charge >= 0.3 is 0 Å². The molecule has 0 rings (SSSR count). The van der Waals surface area contributed by atoms with Crippen molar-refractivity contribution >= 4 is 5.91 Å². The van der Waals surface area contributed by atoms with Crippen LogP contribution in [0.3, 0.4) is 0 Å². The molecular weight excluding hydrogens is 602 g/mol. The first-order valence-electron chi connectivity index (χ1n) is 20.7. The molecule has 0 aromatic heterocycles. The van der Waals surface area contributed by atoms with Gasteiger partial charge in [0.05, 0.1) is 31.0 Å². The maximum absolute atomic E-state index is 12.4. The Balaban J connectivity index is 3.88. The van der Waals surface area contributed by atoms with Gasteiger partial charge in [-0.1, -0.05) is 180 Å². The van der Waals surface area contributed by atoms with E-state index in [1.165, 1.54) is 141 Å². The predicted molar refractivity (Wildman–Crippen MR) is 202 cm³/mol. The van der Waals surface area contributed by atoms with E-state index in [0.717, 1.165) is 25.7 Å². The first-order valence-corrected chi connectivity index (χ1v) is 20.7. The van der Waals surface area contributed by atoms with Crippen molar-refractivity contribution in [2.24, 2.45) is 0 Å². The minimum atomic E-state index is -1.24. The lowest BCUT2D eigenvalue weighted by molar-refractivity contribution is -0.132. The summed E-state index contributed by atoms with van der Waals surface area (Å²) < 4.78 is 0. The summed E-state index contributed by atoms with van der Waals surface area (Å²) in [4.78, 5) is 12.4. The Morgan fingerprint density at radius 2 is 0.896 bits per heavy atom. The standard InChI is InChI=1S/C41H81NO6/c1-3-5-7-9-11-13-15-16-17-18-19-20-21-23-24-26-28-30-32-37(44)40(47)34-39(46)36(35-43)42-41(48)38(45)33-31-29-27-25-22-14-12-10-8-6-4-2/h26,28,36-40,43-47H,3-25,27,29-35H2,1-2H3,(H,42,48)/b28-26+. The Morgan fingerprint density at radius 1 is 0.500 bits per heavy atom. The number of carbonyl (C=O) groups is 1. The number of allylic oxidation sites excluding steroid dienone is 2. The van der Waals surface area contributed by atoms with E-state index in [0.29, 0.717) is 19.3 Å². The maximum Gasteiger partial charge on any atom is 0.249 e. The number of nitrogens with one attached hydrogen (secondary N) is 1. The second kappa shape index (κ2) is 35.8. The normalized spacial score (nSPS) is 15.1. The quantitative estimate of drug-likeness (QED) is 0.0286. The van der Waals surface area contributed by atoms with Crippen LogP contribution in [0.4, 0.5) is 0 Å². The van der Waals surface area contributed by atoms with Gasteiger partial charge in [0, 0.05) is 6.42 Å². The van der Waals surface area contributed by atoms with E-state index in [1.54, 1.807) is 0 Å². The molecule has 0 aromatic carbocycles. The highest BCUT2D eigenvalue weighted by Crippen LogP contribution is 2.16. The number of hydrogen-bond donors (Lipinski definition) is 6. The molecule has 0 aliphatic heterocycles. The van der Waals surface area contributed by atoms with Crippen molar-refractivity contribution in [3.05, 3.63) is 12.2 Å². The van der Waals surface area contributed by atoms with Crippen LogP contribution in [0.5, 0.6) is 0 Å². The molecule has 6 N–H and O–H groups in total. The lowest BCUT2D eigenvalue weighted by Crippen LogP contribution is -2.50. The molecular formula is C41H81NO6. The van der Waals surface area contributed by atoms with E-state index >= 15 is 0 Å². The average Bonchev–Trinajstić information content (AvgIpc) is 3.08. The molecule has 0 aromatic rings. The third-order valence-corrected chi connectivity index (χ3v) is 9.82. The van der Waals surface area contributed by atoms with Crippen molar-refractivity contribution < 1.29 is 30.3 Å². The van der Waals surface area contributed by atoms with Crippen molar-refractivity contribution in [1.29, 1.82) is 0 Å². The first-order chi connectivity index (χ1) is 23.4. The predicted octanol–water partition coefficient (Wildman–Crippen LogP) is 9.21. The van der Waals surface area contributed by atoms with Gasteiger partial charge in [-0.2, -0.15) is 0 Å². The molecule has 0 spiro atoms. The van der Waals surface area contributed by atoms with E-state index in [9.17, 15) is 30.3 Å². The highest BCUT2D eigenvalue weighted by Gasteiger charge is 2.28. The number of carbonyl (C=O) groups excluding carboxylic acids is 1. The van der Waals surface area contributed by atoms with Gasteiger partial charge < -0.3 is 30.8 Å². The van der Waals surface area contributed by atoms with Gasteiger partial charge in [-0.3, -0.25) is 4.79 Å². The molecule has 7 nitrogen and oxygen atoms in total. The molecule has 0 saturated carbocycles. The largest absolute Gasteiger partial charge is 0.394 e. The fourth-order valence-electron chi connectivity index (χ4n) is 6.40. The van der Waals surface area contributed by atoms with Crippen LogP contribution in [0.15, 0.2) is 12.2 Å². The minimum absolute atomic E-state index is 0.176. The molecule has 5 unspecified atom stereocenters. The summed E-state index contributed by atoms with van der Waals surface area (Å²) in [6, 6.07) is -1.02. The fraction of sp³-hybridized carbons (Fsp3) is 0.927. The number of unbranched alkanes of at least 4 members (excludes halogenated alkanes) is 24. The molecule has 0 bridgehead atoms. The molecule has 7 heteroatoms. The van der Waals surface area contributed by atoms with E-state index in [-0.39, 0.29) is 6.42 Å². The molecule has 286 valence electrons. The monoisotopic (exact) mass is 684 g/mol. The number of hydrogen-bond acceptors (Lipinski definition) is 6. The molecule has 0 aliphatic rings. The zero-order valence-corrected chi connectivity index (χ0v) is 31.6. The van der Waals surface area contributed by atoms with E-state index in [1.807, 2.05) is 6.08 Å². The van der Waals surface area contributed by atoms with Crippen molar-refractivity contribution in [3.8, 4) is 0 Å². The first kappa shape index (κ1) is 47.0. The summed E-state index contributed by atoms with van der Waals surface area (Å²) >= 11 is 0. The molecule has 0 heterocycles. The van der Waals surface area contributed by atoms with E-state index < -0.39 is 43.0 Å². The summed E-state index contributed by atoms with van der Waals surface area (Å²) in [5, 5.41) is 53.8. The zero-order valence-electron chi connectivity index (χ0n) is 31.6. The molecule has 1 amide bonds. The number of amides is 1. The van der Waals surface area contributed by atoms with E-state index in [4.69, 9.17) is 0 Å². The molecule has 5 atom stereocenters. The second-order valence-corrected chi connectivity index (χ2v) is 14.5. The van der Waals surface area contributed by atoms with Crippen molar-refractivity contribution in [2.45, 2.75) is 237 Å². The van der Waals surface area contributed by atoms with Gasteiger partial charge in [0.25, 0.3) is 0 Å². The highest BCUT2D eigenvalue weighted by molar-refractivity contribution is 5.80. The number of aliphatic hydroxyl groups is 5. The van der Waals surface area contributed by atoms with Gasteiger partial charge in [0.15, 0.2) is 0 Å². The van der Waals surface area contributed by atoms with Gasteiger partial charge in [-0.15, -0.1) is 0 Å². The van der Waals surface area contributed by atoms with Crippen LogP contribution in [-0.2, 0) is 4.79 Å². The molecule has 0 fully saturated rings. The Kier molecular flexibility index (Phi) is 35.1. The van der Waals surface area contributed by atoms with Crippen LogP contribution in [0.25, 0.3) is 0 Å². The Bertz CT molecular complexity index is 704. The molecule has 0 aliphatic carbocycles. The topological polar surface area (TPSA) is 130 Å². The third-order valence-electron chi connectivity index (χ3n) is 9.82. The van der Waals surface area contributed by atoms with Crippen LogP contribution in [0.1, 0.15) is 206 Å². The Hall–Kier alpha value is -0.990. The summed E-state index contributed by atoms with van der Waals surface area (Å²) in [5.74, 6) is -0.626. The Labute approximate surface area is 296 Å². The van der Waals surface area contributed by atoms with Gasteiger partial charge in [-0.25, -0.2) is 0 Å². The van der Waals surface area contributed by atoms with Gasteiger partial charge in [-0.05, 0) is 32.1 Å². The molecule has 48 heavy (non-hydrogen) atoms. The molecule has 0 radical (unpaired) electrons. The van der Waals surface area contributed by atoms with Gasteiger partial charge in [0.1, 0.15) is 6.10 Å². The van der Waals surface area contributed by atoms with Crippen LogP contribution in [0.2, 0.25) is 0 Å². The van der Waals surface area contributed by atoms with Crippen LogP contribution in [-0.4, -0.2) is 68.5 Å². The van der Waals surface area contributed by atoms with Crippen LogP contribution < -0.4 is 5.32 Å². The van der Waals surface area contributed by atoms with Crippen LogP contribution >= 0.6 is 0 Å². The van der Waals surface area contributed by atoms with E-state index in [2.05, 4.69) is 25.2 Å². The zero-order chi connectivity index (χ0) is 35.5. The number of rotatable bonds is 37. The lowest BCUT2D eigenvalue weighted by atomic mass is 9.98. The summed E-state index contributed by atoms with van der Waals surface area (Å²) in [6.07, 6.45) is 33.8. The Morgan fingerprint density at radius 3 is 1.33 bits per heavy atom. The SMILES string of the molecule is CCCCCCCCCCCCCCCC/C=C/CCC(O)C(O)CC(O)C(CO)NC(=O)C(O)CCCCCCCCCCCCC. The minimum Gasteiger partial charge on any atom is -0.394 e. The van der Waals surface area contributed by atoms with Gasteiger partial charge in [0.2, 0.25) is 5.91 Å². The van der Waals surface area contributed by atoms with Crippen molar-refractivity contribution in [3.63, 3.8) is 0 Å². The second-order valence-electron chi connectivity index (χ2n) is 14.5.